The molecule has 2 aliphatic rings. The number of esters is 1. The van der Waals surface area contributed by atoms with Crippen LogP contribution in [-0.4, -0.2) is 79.4 Å². The number of rotatable bonds is 4. The lowest BCUT2D eigenvalue weighted by Crippen LogP contribution is -2.66. The van der Waals surface area contributed by atoms with Gasteiger partial charge in [0.05, 0.1) is 6.61 Å². The number of carbonyl (C=O) groups is 2. The predicted octanol–water partition coefficient (Wildman–Crippen LogP) is -1.47. The van der Waals surface area contributed by atoms with E-state index in [4.69, 9.17) is 55.1 Å². The van der Waals surface area contributed by atoms with Crippen molar-refractivity contribution >= 4 is 46.8 Å². The Bertz CT molecular complexity index is 573. The molecule has 0 bridgehead atoms. The molecule has 2 amide bonds. The quantitative estimate of drug-likeness (QED) is 0.273. The molecule has 1 fully saturated rings. The zero-order valence-corrected chi connectivity index (χ0v) is 14.8. The molecule has 0 aliphatic carbocycles. The smallest absolute Gasteiger partial charge is 0.351 e. The zero-order chi connectivity index (χ0) is 19.0. The van der Waals surface area contributed by atoms with Gasteiger partial charge >= 0.3 is 12.0 Å². The second-order valence-electron chi connectivity index (χ2n) is 5.44. The van der Waals surface area contributed by atoms with Gasteiger partial charge in [-0.1, -0.05) is 34.8 Å². The highest BCUT2D eigenvalue weighted by molar-refractivity contribution is 6.67. The van der Waals surface area contributed by atoms with Crippen molar-refractivity contribution < 1.29 is 34.4 Å². The summed E-state index contributed by atoms with van der Waals surface area (Å²) < 4.78 is 8.10. The summed E-state index contributed by atoms with van der Waals surface area (Å²) in [4.78, 5) is 25.1. The number of halogens is 3. The summed E-state index contributed by atoms with van der Waals surface area (Å²) >= 11 is 16.4. The summed E-state index contributed by atoms with van der Waals surface area (Å²) in [5.41, 5.74) is 3.73. The Morgan fingerprint density at radius 3 is 2.56 bits per heavy atom. The van der Waals surface area contributed by atoms with Crippen molar-refractivity contribution in [2.75, 3.05) is 13.2 Å². The van der Waals surface area contributed by atoms with Crippen LogP contribution >= 0.6 is 34.8 Å². The largest absolute Gasteiger partial charge is 0.458 e. The van der Waals surface area contributed by atoms with Crippen molar-refractivity contribution in [2.24, 2.45) is 5.73 Å². The lowest BCUT2D eigenvalue weighted by atomic mass is 10.1. The maximum Gasteiger partial charge on any atom is 0.351 e. The number of aliphatic hydroxyl groups is 3. The first-order chi connectivity index (χ1) is 11.5. The molecule has 0 aromatic heterocycles. The molecule has 6 N–H and O–H groups in total. The first-order valence-corrected chi connectivity index (χ1v) is 8.07. The SMILES string of the molecule is NC1(C(=O)OCC(Cl)(Cl)Cl)C=CN([C@@H]2O[C@H](CO)[C@@H](O)[C@@H]2O)C(=O)N1. The molecule has 13 heteroatoms. The third-order valence-electron chi connectivity index (χ3n) is 3.54. The number of aliphatic hydroxyl groups excluding tert-OH is 3. The molecule has 2 rings (SSSR count). The van der Waals surface area contributed by atoms with Gasteiger partial charge in [0, 0.05) is 6.20 Å². The van der Waals surface area contributed by atoms with Gasteiger partial charge in [0.25, 0.3) is 0 Å². The molecule has 142 valence electrons. The molecular weight excluding hydrogens is 405 g/mol. The van der Waals surface area contributed by atoms with E-state index >= 15 is 0 Å². The van der Waals surface area contributed by atoms with Gasteiger partial charge in [-0.3, -0.25) is 10.6 Å². The number of hydrogen-bond acceptors (Lipinski definition) is 8. The second kappa shape index (κ2) is 7.41. The van der Waals surface area contributed by atoms with Crippen molar-refractivity contribution in [3.63, 3.8) is 0 Å². The molecule has 0 radical (unpaired) electrons. The summed E-state index contributed by atoms with van der Waals surface area (Å²) in [6.45, 7) is -1.14. The van der Waals surface area contributed by atoms with E-state index in [2.05, 4.69) is 5.32 Å². The fraction of sp³-hybridized carbons (Fsp3) is 0.667. The summed E-state index contributed by atoms with van der Waals surface area (Å²) in [6, 6.07) is -0.911. The monoisotopic (exact) mass is 419 g/mol. The number of ether oxygens (including phenoxy) is 2. The van der Waals surface area contributed by atoms with Crippen LogP contribution in [0.1, 0.15) is 0 Å². The molecule has 1 unspecified atom stereocenters. The number of nitrogens with one attached hydrogen (secondary N) is 1. The molecule has 25 heavy (non-hydrogen) atoms. The predicted molar refractivity (Wildman–Crippen MR) is 85.4 cm³/mol. The molecular formula is C12H16Cl3N3O7. The van der Waals surface area contributed by atoms with E-state index in [1.54, 1.807) is 0 Å². The minimum Gasteiger partial charge on any atom is -0.458 e. The third-order valence-corrected chi connectivity index (χ3v) is 3.87. The van der Waals surface area contributed by atoms with Crippen LogP contribution in [0.25, 0.3) is 0 Å². The van der Waals surface area contributed by atoms with E-state index in [-0.39, 0.29) is 0 Å². The Labute approximate surface area is 157 Å². The molecule has 10 nitrogen and oxygen atoms in total. The van der Waals surface area contributed by atoms with Crippen molar-refractivity contribution in [1.29, 1.82) is 0 Å². The van der Waals surface area contributed by atoms with Crippen molar-refractivity contribution in [1.82, 2.24) is 10.2 Å². The van der Waals surface area contributed by atoms with Gasteiger partial charge in [-0.2, -0.15) is 0 Å². The number of carbonyl (C=O) groups excluding carboxylic acids is 2. The van der Waals surface area contributed by atoms with Gasteiger partial charge in [0.2, 0.25) is 9.46 Å². The van der Waals surface area contributed by atoms with Crippen molar-refractivity contribution in [3.05, 3.63) is 12.3 Å². The van der Waals surface area contributed by atoms with Gasteiger partial charge in [-0.25, -0.2) is 9.59 Å². The third kappa shape index (κ3) is 4.47. The molecule has 0 aromatic carbocycles. The number of nitrogens with zero attached hydrogens (tertiary/aromatic N) is 1. The van der Waals surface area contributed by atoms with E-state index < -0.39 is 59.2 Å². The lowest BCUT2D eigenvalue weighted by molar-refractivity contribution is -0.149. The van der Waals surface area contributed by atoms with Crippen LogP contribution in [0.2, 0.25) is 0 Å². The number of hydrogen-bond donors (Lipinski definition) is 5. The Kier molecular flexibility index (Phi) is 6.07. The number of amides is 2. The fourth-order valence-electron chi connectivity index (χ4n) is 2.24. The van der Waals surface area contributed by atoms with Gasteiger partial charge in [-0.05, 0) is 6.08 Å². The van der Waals surface area contributed by atoms with E-state index in [9.17, 15) is 19.8 Å². The summed E-state index contributed by atoms with van der Waals surface area (Å²) in [5, 5.41) is 30.9. The van der Waals surface area contributed by atoms with Crippen LogP contribution in [0, 0.1) is 0 Å². The van der Waals surface area contributed by atoms with Crippen LogP contribution in [-0.2, 0) is 14.3 Å². The topological polar surface area (TPSA) is 155 Å². The van der Waals surface area contributed by atoms with Crippen LogP contribution in [0.4, 0.5) is 4.79 Å². The Morgan fingerprint density at radius 2 is 2.08 bits per heavy atom. The van der Waals surface area contributed by atoms with E-state index in [1.807, 2.05) is 0 Å². The van der Waals surface area contributed by atoms with Crippen LogP contribution in [0.3, 0.4) is 0 Å². The number of alkyl halides is 3. The number of nitrogens with two attached hydrogens (primary N) is 1. The van der Waals surface area contributed by atoms with E-state index in [1.165, 1.54) is 0 Å². The van der Waals surface area contributed by atoms with Gasteiger partial charge < -0.3 is 30.1 Å². The Hall–Kier alpha value is -0.850. The summed E-state index contributed by atoms with van der Waals surface area (Å²) in [6.07, 6.45) is -3.08. The van der Waals surface area contributed by atoms with E-state index in [0.29, 0.717) is 0 Å². The first-order valence-electron chi connectivity index (χ1n) is 6.93. The fourth-order valence-corrected chi connectivity index (χ4v) is 2.41. The highest BCUT2D eigenvalue weighted by atomic mass is 35.6. The normalized spacial score (nSPS) is 35.6. The molecule has 0 saturated carbocycles. The minimum absolute atomic E-state index is 0.557. The first kappa shape index (κ1) is 20.5. The van der Waals surface area contributed by atoms with Crippen LogP contribution in [0.15, 0.2) is 12.3 Å². The van der Waals surface area contributed by atoms with Gasteiger partial charge in [0.15, 0.2) is 6.23 Å². The van der Waals surface area contributed by atoms with Gasteiger partial charge in [-0.15, -0.1) is 0 Å². The molecule has 0 aromatic rings. The molecule has 1 saturated heterocycles. The standard InChI is InChI=1S/C12H16Cl3N3O7/c13-12(14,15)4-24-9(22)11(16)1-2-18(10(23)17-11)8-7(21)6(20)5(3-19)25-8/h1-2,5-8,19-21H,3-4,16H2,(H,17,23)/t5-,6-,7+,8-,11?/m1/s1. The van der Waals surface area contributed by atoms with Crippen LogP contribution in [0.5, 0.6) is 0 Å². The molecule has 2 heterocycles. The highest BCUT2D eigenvalue weighted by Gasteiger charge is 2.49. The van der Waals surface area contributed by atoms with Gasteiger partial charge in [0.1, 0.15) is 24.9 Å². The zero-order valence-electron chi connectivity index (χ0n) is 12.5. The Balaban J connectivity index is 2.09. The lowest BCUT2D eigenvalue weighted by Gasteiger charge is -2.36. The minimum atomic E-state index is -2.03. The Morgan fingerprint density at radius 1 is 1.44 bits per heavy atom. The highest BCUT2D eigenvalue weighted by Crippen LogP contribution is 2.28. The average molecular weight is 421 g/mol. The molecule has 5 atom stereocenters. The molecule has 0 spiro atoms. The van der Waals surface area contributed by atoms with Crippen LogP contribution < -0.4 is 11.1 Å². The number of urea groups is 1. The maximum atomic E-state index is 12.2. The van der Waals surface area contributed by atoms with Crippen molar-refractivity contribution in [3.8, 4) is 0 Å². The summed E-state index contributed by atoms with van der Waals surface area (Å²) in [5.74, 6) is -1.08. The maximum absolute atomic E-state index is 12.2. The molecule has 2 aliphatic heterocycles. The van der Waals surface area contributed by atoms with E-state index in [0.717, 1.165) is 17.2 Å². The summed E-state index contributed by atoms with van der Waals surface area (Å²) in [7, 11) is 0. The second-order valence-corrected chi connectivity index (χ2v) is 7.96. The average Bonchev–Trinajstić information content (AvgIpc) is 2.80. The van der Waals surface area contributed by atoms with Crippen molar-refractivity contribution in [2.45, 2.75) is 34.0 Å².